The molecule has 3 heterocycles. The topological polar surface area (TPSA) is 158 Å². The average molecular weight is 488 g/mol. The van der Waals surface area contributed by atoms with Gasteiger partial charge in [-0.25, -0.2) is 14.6 Å². The molecular weight excluding hydrogens is 462 g/mol. The summed E-state index contributed by atoms with van der Waals surface area (Å²) in [6.45, 7) is 0.466. The summed E-state index contributed by atoms with van der Waals surface area (Å²) in [6, 6.07) is 9.22. The predicted molar refractivity (Wildman–Crippen MR) is 132 cm³/mol. The van der Waals surface area contributed by atoms with Gasteiger partial charge >= 0.3 is 0 Å². The highest BCUT2D eigenvalue weighted by molar-refractivity contribution is 6.04. The molecule has 11 nitrogen and oxygen atoms in total. The van der Waals surface area contributed by atoms with Gasteiger partial charge in [-0.15, -0.1) is 6.42 Å². The molecule has 1 aliphatic heterocycles. The van der Waals surface area contributed by atoms with Crippen LogP contribution >= 0.6 is 0 Å². The van der Waals surface area contributed by atoms with Crippen LogP contribution < -0.4 is 21.6 Å². The number of nitrogens with two attached hydrogens (primary N) is 2. The molecule has 0 saturated carbocycles. The number of nitrogens with zero attached hydrogens (tertiary/aromatic N) is 4. The van der Waals surface area contributed by atoms with Gasteiger partial charge in [-0.05, 0) is 43.4 Å². The molecule has 3 amide bonds. The van der Waals surface area contributed by atoms with E-state index in [0.717, 1.165) is 17.5 Å². The van der Waals surface area contributed by atoms with Crippen LogP contribution in [0.4, 0.5) is 5.82 Å². The van der Waals surface area contributed by atoms with Crippen molar-refractivity contribution in [3.8, 4) is 29.4 Å². The molecule has 2 aromatic heterocycles. The zero-order valence-electron chi connectivity index (χ0n) is 19.6. The number of pyridine rings is 1. The Kier molecular flexibility index (Phi) is 6.87. The second kappa shape index (κ2) is 10.2. The van der Waals surface area contributed by atoms with Gasteiger partial charge in [0.15, 0.2) is 11.5 Å². The van der Waals surface area contributed by atoms with E-state index < -0.39 is 17.9 Å². The summed E-state index contributed by atoms with van der Waals surface area (Å²) < 4.78 is 6.26. The number of aromatic nitrogens is 3. The monoisotopic (exact) mass is 487 g/mol. The summed E-state index contributed by atoms with van der Waals surface area (Å²) in [5.74, 6) is 7.97. The first-order valence-electron chi connectivity index (χ1n) is 11.2. The molecule has 1 aliphatic rings. The summed E-state index contributed by atoms with van der Waals surface area (Å²) in [5.41, 5.74) is 6.75. The van der Waals surface area contributed by atoms with Gasteiger partial charge in [0.05, 0.1) is 13.2 Å². The Bertz CT molecular complexity index is 1360. The third-order valence-corrected chi connectivity index (χ3v) is 5.99. The molecule has 184 valence electrons. The number of hydrogen-bond donors (Lipinski definition) is 3. The van der Waals surface area contributed by atoms with Crippen LogP contribution in [0, 0.1) is 12.3 Å². The number of ether oxygens (including phenoxy) is 1. The van der Waals surface area contributed by atoms with Crippen LogP contribution in [0.25, 0.3) is 11.3 Å². The highest BCUT2D eigenvalue weighted by Crippen LogP contribution is 2.33. The number of piperidine rings is 1. The first-order chi connectivity index (χ1) is 17.3. The summed E-state index contributed by atoms with van der Waals surface area (Å²) in [4.78, 5) is 47.5. The highest BCUT2D eigenvalue weighted by Gasteiger charge is 2.33. The maximum absolute atomic E-state index is 12.7. The van der Waals surface area contributed by atoms with Crippen molar-refractivity contribution in [3.05, 3.63) is 59.7 Å². The molecule has 3 aromatic rings. The molecule has 0 aliphatic carbocycles. The third kappa shape index (κ3) is 4.69. The predicted octanol–water partition coefficient (Wildman–Crippen LogP) is 1.71. The minimum atomic E-state index is -0.775. The number of rotatable bonds is 6. The first-order valence-corrected chi connectivity index (χ1v) is 11.2. The summed E-state index contributed by atoms with van der Waals surface area (Å²) >= 11 is 0. The van der Waals surface area contributed by atoms with Crippen LogP contribution in [-0.4, -0.2) is 50.9 Å². The average Bonchev–Trinajstić information content (AvgIpc) is 3.25. The van der Waals surface area contributed by atoms with Gasteiger partial charge < -0.3 is 26.5 Å². The first kappa shape index (κ1) is 24.3. The fourth-order valence-electron chi connectivity index (χ4n) is 4.22. The Labute approximate surface area is 207 Å². The number of nitrogens with one attached hydrogen (secondary N) is 1. The van der Waals surface area contributed by atoms with Gasteiger partial charge in [-0.2, -0.15) is 0 Å². The van der Waals surface area contributed by atoms with Crippen LogP contribution in [0.2, 0.25) is 0 Å². The fourth-order valence-corrected chi connectivity index (χ4v) is 4.22. The van der Waals surface area contributed by atoms with Crippen molar-refractivity contribution in [2.75, 3.05) is 24.8 Å². The second-order valence-corrected chi connectivity index (χ2v) is 8.17. The van der Waals surface area contributed by atoms with Crippen molar-refractivity contribution in [1.29, 1.82) is 0 Å². The lowest BCUT2D eigenvalue weighted by atomic mass is 10.0. The standard InChI is InChI=1S/C25H25N7O4/c1-3-20(33)31-13-5-4-6-18(31)24-30-21(22(23(26)34)32(24)27)15-7-9-16(10-8-15)25(35)29-19-14-17(36-2)11-12-28-19/h1,7-12,14,18H,4-6,13,27H2,2H3,(H2,26,34)(H,28,29,35)/t18-/m0/s1. The maximum atomic E-state index is 12.7. The Morgan fingerprint density at radius 3 is 2.61 bits per heavy atom. The number of terminal acetylenes is 1. The molecule has 4 rings (SSSR count). The summed E-state index contributed by atoms with van der Waals surface area (Å²) in [7, 11) is 1.52. The van der Waals surface area contributed by atoms with E-state index >= 15 is 0 Å². The van der Waals surface area contributed by atoms with E-state index in [1.54, 1.807) is 36.4 Å². The Morgan fingerprint density at radius 1 is 1.19 bits per heavy atom. The van der Waals surface area contributed by atoms with Crippen LogP contribution in [-0.2, 0) is 4.79 Å². The Hall–Kier alpha value is -4.85. The summed E-state index contributed by atoms with van der Waals surface area (Å²) in [6.07, 6.45) is 9.11. The van der Waals surface area contributed by atoms with Gasteiger partial charge in [0.1, 0.15) is 17.3 Å². The van der Waals surface area contributed by atoms with Crippen molar-refractivity contribution in [1.82, 2.24) is 19.5 Å². The van der Waals surface area contributed by atoms with Gasteiger partial charge in [-0.3, -0.25) is 14.4 Å². The van der Waals surface area contributed by atoms with Gasteiger partial charge in [0, 0.05) is 29.9 Å². The summed E-state index contributed by atoms with van der Waals surface area (Å²) in [5, 5.41) is 2.70. The zero-order valence-corrected chi connectivity index (χ0v) is 19.6. The van der Waals surface area contributed by atoms with E-state index in [2.05, 4.69) is 21.2 Å². The van der Waals surface area contributed by atoms with Crippen molar-refractivity contribution >= 4 is 23.5 Å². The number of carbonyl (C=O) groups is 3. The largest absolute Gasteiger partial charge is 0.497 e. The van der Waals surface area contributed by atoms with E-state index in [1.165, 1.54) is 18.2 Å². The molecule has 1 atom stereocenters. The smallest absolute Gasteiger partial charge is 0.298 e. The molecule has 1 fully saturated rings. The second-order valence-electron chi connectivity index (χ2n) is 8.17. The number of hydrogen-bond acceptors (Lipinski definition) is 7. The van der Waals surface area contributed by atoms with E-state index in [-0.39, 0.29) is 17.3 Å². The lowest BCUT2D eigenvalue weighted by Gasteiger charge is -2.33. The number of anilines is 1. The number of benzene rings is 1. The van der Waals surface area contributed by atoms with Crippen molar-refractivity contribution in [3.63, 3.8) is 0 Å². The SMILES string of the molecule is C#CC(=O)N1CCCC[C@H]1c1nc(-c2ccc(C(=O)Nc3cc(OC)ccn3)cc2)c(C(N)=O)n1N. The van der Waals surface area contributed by atoms with Crippen molar-refractivity contribution < 1.29 is 19.1 Å². The Morgan fingerprint density at radius 2 is 1.94 bits per heavy atom. The van der Waals surface area contributed by atoms with E-state index in [9.17, 15) is 14.4 Å². The molecule has 11 heteroatoms. The number of nitrogen functional groups attached to an aromatic ring is 1. The van der Waals surface area contributed by atoms with Gasteiger partial charge in [0.2, 0.25) is 0 Å². The molecule has 0 spiro atoms. The van der Waals surface area contributed by atoms with Crippen molar-refractivity contribution in [2.24, 2.45) is 5.73 Å². The van der Waals surface area contributed by atoms with Gasteiger partial charge in [0.25, 0.3) is 17.7 Å². The normalized spacial score (nSPS) is 15.1. The van der Waals surface area contributed by atoms with Crippen LogP contribution in [0.15, 0.2) is 42.6 Å². The number of imidazole rings is 1. The number of primary amides is 1. The highest BCUT2D eigenvalue weighted by atomic mass is 16.5. The molecule has 36 heavy (non-hydrogen) atoms. The van der Waals surface area contributed by atoms with E-state index in [4.69, 9.17) is 22.7 Å². The van der Waals surface area contributed by atoms with E-state index in [0.29, 0.717) is 41.5 Å². The number of amides is 3. The zero-order chi connectivity index (χ0) is 25.8. The van der Waals surface area contributed by atoms with Crippen LogP contribution in [0.5, 0.6) is 5.75 Å². The molecule has 1 aromatic carbocycles. The molecule has 1 saturated heterocycles. The quantitative estimate of drug-likeness (QED) is 0.353. The fraction of sp³-hybridized carbons (Fsp3) is 0.240. The maximum Gasteiger partial charge on any atom is 0.298 e. The molecule has 5 N–H and O–H groups in total. The lowest BCUT2D eigenvalue weighted by molar-refractivity contribution is -0.129. The van der Waals surface area contributed by atoms with Crippen molar-refractivity contribution in [2.45, 2.75) is 25.3 Å². The molecule has 0 radical (unpaired) electrons. The number of methoxy groups -OCH3 is 1. The third-order valence-electron chi connectivity index (χ3n) is 5.99. The minimum absolute atomic E-state index is 0.0125. The molecule has 0 unspecified atom stereocenters. The lowest BCUT2D eigenvalue weighted by Crippen LogP contribution is -2.40. The van der Waals surface area contributed by atoms with Crippen LogP contribution in [0.3, 0.4) is 0 Å². The minimum Gasteiger partial charge on any atom is -0.497 e. The Balaban J connectivity index is 1.64. The van der Waals surface area contributed by atoms with Crippen LogP contribution in [0.1, 0.15) is 52.0 Å². The van der Waals surface area contributed by atoms with Gasteiger partial charge in [-0.1, -0.05) is 12.1 Å². The number of likely N-dealkylation sites (tertiary alicyclic amines) is 1. The molecular formula is C25H25N7O4. The van der Waals surface area contributed by atoms with E-state index in [1.807, 2.05) is 0 Å². The number of carbonyl (C=O) groups excluding carboxylic acids is 3. The molecule has 0 bridgehead atoms.